The Labute approximate surface area is 164 Å². The van der Waals surface area contributed by atoms with Gasteiger partial charge >= 0.3 is 5.97 Å². The molecule has 0 aromatic rings. The summed E-state index contributed by atoms with van der Waals surface area (Å²) in [6, 6.07) is 0. The predicted octanol–water partition coefficient (Wildman–Crippen LogP) is 6.65. The second-order valence-corrected chi connectivity index (χ2v) is 8.24. The van der Waals surface area contributed by atoms with Crippen LogP contribution in [0.1, 0.15) is 53.4 Å². The van der Waals surface area contributed by atoms with Crippen molar-refractivity contribution in [3.63, 3.8) is 0 Å². The SMILES string of the molecule is CCC[C@@H]1C=C[C@@H]2CC(C)=CC[C@H]2[C@]1(C)\C=C(C)/C=C/C=C/C=CC(=O)O. The van der Waals surface area contributed by atoms with E-state index in [1.165, 1.54) is 42.9 Å². The van der Waals surface area contributed by atoms with Crippen LogP contribution in [-0.2, 0) is 4.79 Å². The molecule has 4 atom stereocenters. The van der Waals surface area contributed by atoms with Crippen molar-refractivity contribution in [3.8, 4) is 0 Å². The van der Waals surface area contributed by atoms with Crippen LogP contribution in [0.15, 0.2) is 71.9 Å². The molecule has 0 fully saturated rings. The van der Waals surface area contributed by atoms with Crippen molar-refractivity contribution in [1.29, 1.82) is 0 Å². The van der Waals surface area contributed by atoms with Crippen LogP contribution in [0.25, 0.3) is 0 Å². The van der Waals surface area contributed by atoms with E-state index in [0.717, 1.165) is 6.08 Å². The molecule has 0 heterocycles. The zero-order valence-electron chi connectivity index (χ0n) is 17.2. The molecule has 2 aliphatic rings. The fraction of sp³-hybridized carbons (Fsp3) is 0.480. The van der Waals surface area contributed by atoms with E-state index < -0.39 is 5.97 Å². The third-order valence-corrected chi connectivity index (χ3v) is 6.05. The van der Waals surface area contributed by atoms with E-state index in [2.05, 4.69) is 58.1 Å². The highest BCUT2D eigenvalue weighted by Crippen LogP contribution is 2.52. The van der Waals surface area contributed by atoms with Gasteiger partial charge in [0.15, 0.2) is 0 Å². The average molecular weight is 367 g/mol. The van der Waals surface area contributed by atoms with Crippen LogP contribution in [0, 0.1) is 23.2 Å². The van der Waals surface area contributed by atoms with Crippen LogP contribution in [0.5, 0.6) is 0 Å². The number of aliphatic carboxylic acids is 1. The third-order valence-electron chi connectivity index (χ3n) is 6.05. The first kappa shape index (κ1) is 21.2. The molecule has 27 heavy (non-hydrogen) atoms. The summed E-state index contributed by atoms with van der Waals surface area (Å²) in [5.41, 5.74) is 2.97. The van der Waals surface area contributed by atoms with Crippen molar-refractivity contribution in [1.82, 2.24) is 0 Å². The maximum Gasteiger partial charge on any atom is 0.328 e. The minimum absolute atomic E-state index is 0.175. The van der Waals surface area contributed by atoms with Gasteiger partial charge in [-0.05, 0) is 56.3 Å². The predicted molar refractivity (Wildman–Crippen MR) is 114 cm³/mol. The Morgan fingerprint density at radius 3 is 2.59 bits per heavy atom. The van der Waals surface area contributed by atoms with Crippen LogP contribution < -0.4 is 0 Å². The van der Waals surface area contributed by atoms with Gasteiger partial charge in [-0.25, -0.2) is 4.79 Å². The first-order valence-corrected chi connectivity index (χ1v) is 10.1. The minimum atomic E-state index is -0.925. The number of rotatable bonds is 7. The molecule has 0 spiro atoms. The number of hydrogen-bond acceptors (Lipinski definition) is 1. The molecule has 146 valence electrons. The van der Waals surface area contributed by atoms with Crippen LogP contribution >= 0.6 is 0 Å². The molecule has 0 amide bonds. The van der Waals surface area contributed by atoms with Gasteiger partial charge in [0.25, 0.3) is 0 Å². The topological polar surface area (TPSA) is 37.3 Å². The molecule has 2 nitrogen and oxygen atoms in total. The summed E-state index contributed by atoms with van der Waals surface area (Å²) in [5, 5.41) is 8.59. The Hall–Kier alpha value is -2.09. The molecular formula is C25H34O2. The Morgan fingerprint density at radius 2 is 1.93 bits per heavy atom. The van der Waals surface area contributed by atoms with Gasteiger partial charge in [-0.15, -0.1) is 0 Å². The lowest BCUT2D eigenvalue weighted by Crippen LogP contribution is -2.41. The lowest BCUT2D eigenvalue weighted by atomic mass is 9.55. The average Bonchev–Trinajstić information content (AvgIpc) is 2.60. The van der Waals surface area contributed by atoms with Gasteiger partial charge < -0.3 is 5.11 Å². The van der Waals surface area contributed by atoms with E-state index in [1.807, 2.05) is 12.2 Å². The molecule has 0 unspecified atom stereocenters. The normalized spacial score (nSPS) is 31.6. The van der Waals surface area contributed by atoms with E-state index in [-0.39, 0.29) is 5.41 Å². The maximum atomic E-state index is 10.5. The van der Waals surface area contributed by atoms with Crippen LogP contribution in [0.3, 0.4) is 0 Å². The minimum Gasteiger partial charge on any atom is -0.478 e. The summed E-state index contributed by atoms with van der Waals surface area (Å²) < 4.78 is 0. The Morgan fingerprint density at radius 1 is 1.22 bits per heavy atom. The smallest absolute Gasteiger partial charge is 0.328 e. The molecule has 2 aliphatic carbocycles. The lowest BCUT2D eigenvalue weighted by Gasteiger charge is -2.49. The number of carboxylic acids is 1. The summed E-state index contributed by atoms with van der Waals surface area (Å²) in [6.07, 6.45) is 25.1. The molecule has 0 radical (unpaired) electrons. The first-order chi connectivity index (χ1) is 12.9. The second-order valence-electron chi connectivity index (χ2n) is 8.24. The molecule has 1 N–H and O–H groups in total. The summed E-state index contributed by atoms with van der Waals surface area (Å²) in [7, 11) is 0. The highest BCUT2D eigenvalue weighted by molar-refractivity contribution is 5.80. The molecule has 0 saturated carbocycles. The first-order valence-electron chi connectivity index (χ1n) is 10.1. The fourth-order valence-electron chi connectivity index (χ4n) is 4.72. The van der Waals surface area contributed by atoms with E-state index in [4.69, 9.17) is 5.11 Å². The summed E-state index contributed by atoms with van der Waals surface area (Å²) in [5.74, 6) is 0.988. The van der Waals surface area contributed by atoms with E-state index in [1.54, 1.807) is 6.08 Å². The highest BCUT2D eigenvalue weighted by atomic mass is 16.4. The summed E-state index contributed by atoms with van der Waals surface area (Å²) >= 11 is 0. The number of carboxylic acid groups (broad SMARTS) is 1. The molecule has 0 bridgehead atoms. The Balaban J connectivity index is 2.20. The van der Waals surface area contributed by atoms with Crippen LogP contribution in [-0.4, -0.2) is 11.1 Å². The van der Waals surface area contributed by atoms with E-state index >= 15 is 0 Å². The molecule has 0 saturated heterocycles. The molecule has 0 aromatic carbocycles. The highest BCUT2D eigenvalue weighted by Gasteiger charge is 2.44. The summed E-state index contributed by atoms with van der Waals surface area (Å²) in [6.45, 7) is 9.15. The second kappa shape index (κ2) is 9.73. The number of hydrogen-bond donors (Lipinski definition) is 1. The van der Waals surface area contributed by atoms with Gasteiger partial charge in [0, 0.05) is 6.08 Å². The van der Waals surface area contributed by atoms with E-state index in [0.29, 0.717) is 17.8 Å². The molecule has 0 aliphatic heterocycles. The van der Waals surface area contributed by atoms with Gasteiger partial charge in [0.2, 0.25) is 0 Å². The van der Waals surface area contributed by atoms with Crippen molar-refractivity contribution in [3.05, 3.63) is 71.9 Å². The Kier molecular flexibility index (Phi) is 7.65. The zero-order chi connectivity index (χ0) is 19.9. The maximum absolute atomic E-state index is 10.5. The van der Waals surface area contributed by atoms with Crippen LogP contribution in [0.4, 0.5) is 0 Å². The van der Waals surface area contributed by atoms with Gasteiger partial charge in [0.1, 0.15) is 0 Å². The molecule has 2 heteroatoms. The van der Waals surface area contributed by atoms with E-state index in [9.17, 15) is 4.79 Å². The lowest BCUT2D eigenvalue weighted by molar-refractivity contribution is -0.131. The quantitative estimate of drug-likeness (QED) is 0.311. The zero-order valence-corrected chi connectivity index (χ0v) is 17.2. The van der Waals surface area contributed by atoms with Gasteiger partial charge in [0.05, 0.1) is 0 Å². The van der Waals surface area contributed by atoms with Crippen molar-refractivity contribution in [2.75, 3.05) is 0 Å². The van der Waals surface area contributed by atoms with Crippen molar-refractivity contribution in [2.24, 2.45) is 23.2 Å². The van der Waals surface area contributed by atoms with Gasteiger partial charge in [-0.2, -0.15) is 0 Å². The third kappa shape index (κ3) is 5.69. The van der Waals surface area contributed by atoms with Crippen molar-refractivity contribution in [2.45, 2.75) is 53.4 Å². The van der Waals surface area contributed by atoms with Crippen molar-refractivity contribution < 1.29 is 9.90 Å². The fourth-order valence-corrected chi connectivity index (χ4v) is 4.72. The monoisotopic (exact) mass is 366 g/mol. The standard InChI is InChI=1S/C25H34O2/c1-5-10-22-15-14-21-17-19(2)13-16-23(21)25(22,4)18-20(3)11-8-6-7-9-12-24(26)27/h6-9,11-15,18,21-23H,5,10,16-17H2,1-4H3,(H,26,27)/b7-6+,11-8+,12-9?,20-18-/t21-,22-,23-,25-/m1/s1. The number of allylic oxidation sites excluding steroid dienone is 11. The molecule has 2 rings (SSSR count). The Bertz CT molecular complexity index is 702. The largest absolute Gasteiger partial charge is 0.478 e. The molecule has 0 aromatic heterocycles. The van der Waals surface area contributed by atoms with Gasteiger partial charge in [-0.1, -0.05) is 86.1 Å². The summed E-state index contributed by atoms with van der Waals surface area (Å²) in [4.78, 5) is 10.5. The van der Waals surface area contributed by atoms with Crippen molar-refractivity contribution >= 4 is 5.97 Å². The van der Waals surface area contributed by atoms with Gasteiger partial charge in [-0.3, -0.25) is 0 Å². The number of carbonyl (C=O) groups is 1. The number of fused-ring (bicyclic) bond motifs is 1. The van der Waals surface area contributed by atoms with Crippen LogP contribution in [0.2, 0.25) is 0 Å². The molecular weight excluding hydrogens is 332 g/mol.